The van der Waals surface area contributed by atoms with Crippen molar-refractivity contribution in [3.8, 4) is 11.5 Å². The predicted octanol–water partition coefficient (Wildman–Crippen LogP) is 3.71. The molecule has 29 heavy (non-hydrogen) atoms. The number of para-hydroxylation sites is 1. The third-order valence-electron chi connectivity index (χ3n) is 3.73. The number of aromatic hydroxyl groups is 1. The zero-order valence-electron chi connectivity index (χ0n) is 14.9. The minimum atomic E-state index is -5.03. The Kier molecular flexibility index (Phi) is 5.90. The Balaban J connectivity index is 2.60. The van der Waals surface area contributed by atoms with Crippen molar-refractivity contribution in [2.24, 2.45) is 5.10 Å². The first-order valence-corrected chi connectivity index (χ1v) is 7.65. The Hall–Kier alpha value is -3.90. The van der Waals surface area contributed by atoms with Crippen LogP contribution >= 0.6 is 0 Å². The average molecular weight is 414 g/mol. The highest BCUT2D eigenvalue weighted by molar-refractivity contribution is 5.86. The van der Waals surface area contributed by atoms with Crippen molar-refractivity contribution in [3.05, 3.63) is 61.7 Å². The lowest BCUT2D eigenvalue weighted by molar-refractivity contribution is -0.393. The molecule has 0 aromatic heterocycles. The van der Waals surface area contributed by atoms with Crippen LogP contribution in [-0.4, -0.2) is 35.3 Å². The monoisotopic (exact) mass is 414 g/mol. The Bertz CT molecular complexity index is 958. The molecule has 0 aliphatic rings. The van der Waals surface area contributed by atoms with Crippen LogP contribution in [0.5, 0.6) is 11.5 Å². The highest BCUT2D eigenvalue weighted by Crippen LogP contribution is 2.42. The zero-order chi connectivity index (χ0) is 21.9. The van der Waals surface area contributed by atoms with Gasteiger partial charge in [0.05, 0.1) is 28.7 Å². The number of anilines is 1. The number of nitro benzene ring substituents is 2. The molecule has 0 aliphatic heterocycles. The minimum absolute atomic E-state index is 0.100. The molecule has 0 unspecified atom stereocenters. The first kappa shape index (κ1) is 21.4. The summed E-state index contributed by atoms with van der Waals surface area (Å²) in [6.45, 7) is 0. The van der Waals surface area contributed by atoms with Gasteiger partial charge in [0.25, 0.3) is 0 Å². The number of hydrogen-bond acceptors (Lipinski definition) is 8. The van der Waals surface area contributed by atoms with E-state index < -0.39 is 38.6 Å². The number of halogens is 3. The van der Waals surface area contributed by atoms with E-state index in [1.807, 2.05) is 0 Å². The van der Waals surface area contributed by atoms with Gasteiger partial charge in [-0.25, -0.2) is 0 Å². The molecule has 0 fully saturated rings. The number of hydrogen-bond donors (Lipinski definition) is 1. The second-order valence-electron chi connectivity index (χ2n) is 5.54. The van der Waals surface area contributed by atoms with Gasteiger partial charge in [0, 0.05) is 24.7 Å². The smallest absolute Gasteiger partial charge is 0.416 e. The highest BCUT2D eigenvalue weighted by atomic mass is 19.4. The van der Waals surface area contributed by atoms with Crippen LogP contribution in [0.15, 0.2) is 35.4 Å². The number of phenols is 1. The van der Waals surface area contributed by atoms with Gasteiger partial charge in [-0.2, -0.15) is 18.3 Å². The lowest BCUT2D eigenvalue weighted by Gasteiger charge is -2.15. The lowest BCUT2D eigenvalue weighted by atomic mass is 10.1. The van der Waals surface area contributed by atoms with Gasteiger partial charge in [-0.1, -0.05) is 6.07 Å². The fourth-order valence-electron chi connectivity index (χ4n) is 2.39. The summed E-state index contributed by atoms with van der Waals surface area (Å²) >= 11 is 0. The first-order chi connectivity index (χ1) is 13.5. The van der Waals surface area contributed by atoms with Gasteiger partial charge in [0.2, 0.25) is 5.69 Å². The summed E-state index contributed by atoms with van der Waals surface area (Å²) in [7, 11) is 2.38. The Morgan fingerprint density at radius 1 is 1.17 bits per heavy atom. The number of methoxy groups -OCH3 is 1. The van der Waals surface area contributed by atoms with Gasteiger partial charge in [-0.3, -0.25) is 25.2 Å². The van der Waals surface area contributed by atoms with Crippen LogP contribution in [0, 0.1) is 20.2 Å². The third kappa shape index (κ3) is 4.51. The minimum Gasteiger partial charge on any atom is -0.504 e. The summed E-state index contributed by atoms with van der Waals surface area (Å²) in [5.74, 6) is -0.216. The van der Waals surface area contributed by atoms with E-state index in [0.717, 1.165) is 13.3 Å². The number of nitrogens with zero attached hydrogens (tertiary/aromatic N) is 4. The first-order valence-electron chi connectivity index (χ1n) is 7.65. The maximum Gasteiger partial charge on any atom is 0.416 e. The van der Waals surface area contributed by atoms with E-state index in [1.165, 1.54) is 25.3 Å². The van der Waals surface area contributed by atoms with E-state index in [2.05, 4.69) is 5.10 Å². The molecule has 0 saturated heterocycles. The molecular weight excluding hydrogens is 401 g/mol. The van der Waals surface area contributed by atoms with Crippen LogP contribution in [0.3, 0.4) is 0 Å². The molecule has 13 heteroatoms. The quantitative estimate of drug-likeness (QED) is 0.433. The molecule has 2 aromatic carbocycles. The molecule has 2 aromatic rings. The van der Waals surface area contributed by atoms with Crippen molar-refractivity contribution in [2.75, 3.05) is 19.2 Å². The van der Waals surface area contributed by atoms with E-state index in [0.29, 0.717) is 5.01 Å². The van der Waals surface area contributed by atoms with Gasteiger partial charge >= 0.3 is 17.6 Å². The van der Waals surface area contributed by atoms with Crippen molar-refractivity contribution >= 4 is 23.3 Å². The van der Waals surface area contributed by atoms with Crippen LogP contribution < -0.4 is 9.75 Å². The predicted molar refractivity (Wildman–Crippen MR) is 95.4 cm³/mol. The molecule has 0 amide bonds. The second-order valence-corrected chi connectivity index (χ2v) is 5.54. The number of benzene rings is 2. The molecule has 0 bridgehead atoms. The fraction of sp³-hybridized carbons (Fsp3) is 0.188. The van der Waals surface area contributed by atoms with Crippen molar-refractivity contribution in [2.45, 2.75) is 6.18 Å². The number of alkyl halides is 3. The van der Waals surface area contributed by atoms with Crippen molar-refractivity contribution < 1.29 is 32.9 Å². The maximum absolute atomic E-state index is 13.0. The average Bonchev–Trinajstić information content (AvgIpc) is 2.64. The van der Waals surface area contributed by atoms with Crippen LogP contribution in [0.4, 0.5) is 30.2 Å². The van der Waals surface area contributed by atoms with E-state index in [-0.39, 0.29) is 29.2 Å². The number of phenolic OH excluding ortho intramolecular Hbond substituents is 1. The van der Waals surface area contributed by atoms with Gasteiger partial charge in [0.15, 0.2) is 11.5 Å². The Labute approximate surface area is 160 Å². The molecule has 2 rings (SSSR count). The highest BCUT2D eigenvalue weighted by Gasteiger charge is 2.38. The lowest BCUT2D eigenvalue weighted by Crippen LogP contribution is -2.15. The van der Waals surface area contributed by atoms with Gasteiger partial charge in [-0.15, -0.1) is 0 Å². The van der Waals surface area contributed by atoms with Gasteiger partial charge < -0.3 is 9.84 Å². The molecule has 0 saturated carbocycles. The number of rotatable bonds is 6. The normalized spacial score (nSPS) is 11.5. The van der Waals surface area contributed by atoms with Crippen molar-refractivity contribution in [1.82, 2.24) is 0 Å². The summed E-state index contributed by atoms with van der Waals surface area (Å²) in [4.78, 5) is 20.2. The molecule has 1 N–H and O–H groups in total. The SMILES string of the molecule is COc1cccc(/C=N/N(C)c2c([N+](=O)[O-])cc(C(F)(F)F)cc2[N+](=O)[O-])c1O. The molecule has 0 heterocycles. The molecule has 10 nitrogen and oxygen atoms in total. The topological polar surface area (TPSA) is 131 Å². The molecular formula is C16H13F3N4O6. The number of ether oxygens (including phenoxy) is 1. The van der Waals surface area contributed by atoms with Crippen LogP contribution in [0.25, 0.3) is 0 Å². The van der Waals surface area contributed by atoms with E-state index in [4.69, 9.17) is 4.74 Å². The fourth-order valence-corrected chi connectivity index (χ4v) is 2.39. The van der Waals surface area contributed by atoms with Crippen LogP contribution in [0.2, 0.25) is 0 Å². The zero-order valence-corrected chi connectivity index (χ0v) is 14.9. The Morgan fingerprint density at radius 2 is 1.72 bits per heavy atom. The largest absolute Gasteiger partial charge is 0.504 e. The van der Waals surface area contributed by atoms with E-state index >= 15 is 0 Å². The second kappa shape index (κ2) is 8.00. The third-order valence-corrected chi connectivity index (χ3v) is 3.73. The maximum atomic E-state index is 13.0. The molecule has 154 valence electrons. The van der Waals surface area contributed by atoms with E-state index in [1.54, 1.807) is 0 Å². The summed E-state index contributed by atoms with van der Waals surface area (Å²) in [5, 5.41) is 37.0. The molecule has 0 atom stereocenters. The number of hydrazone groups is 1. The summed E-state index contributed by atoms with van der Waals surface area (Å²) < 4.78 is 43.8. The summed E-state index contributed by atoms with van der Waals surface area (Å²) in [6, 6.07) is 4.74. The van der Waals surface area contributed by atoms with Crippen molar-refractivity contribution in [3.63, 3.8) is 0 Å². The van der Waals surface area contributed by atoms with Crippen molar-refractivity contribution in [1.29, 1.82) is 0 Å². The molecule has 0 aliphatic carbocycles. The van der Waals surface area contributed by atoms with Gasteiger partial charge in [-0.05, 0) is 12.1 Å². The molecule has 0 spiro atoms. The Morgan fingerprint density at radius 3 is 2.17 bits per heavy atom. The van der Waals surface area contributed by atoms with Crippen LogP contribution in [-0.2, 0) is 6.18 Å². The number of nitro groups is 2. The summed E-state index contributed by atoms with van der Waals surface area (Å²) in [5.41, 5.74) is -4.50. The van der Waals surface area contributed by atoms with Crippen LogP contribution in [0.1, 0.15) is 11.1 Å². The van der Waals surface area contributed by atoms with E-state index in [9.17, 15) is 38.5 Å². The standard InChI is InChI=1S/C16H13F3N4O6/c1-21(20-8-9-4-3-5-13(29-2)15(9)24)14-11(22(25)26)6-10(16(17,18)19)7-12(14)23(27)28/h3-8,24H,1-2H3/b20-8+. The molecule has 0 radical (unpaired) electrons. The summed E-state index contributed by atoms with van der Waals surface area (Å²) in [6.07, 6.45) is -4.01. The van der Waals surface area contributed by atoms with Gasteiger partial charge in [0.1, 0.15) is 0 Å².